The molecule has 0 fully saturated rings. The van der Waals surface area contributed by atoms with E-state index < -0.39 is 5.97 Å². The zero-order chi connectivity index (χ0) is 14.5. The number of nitrogens with zero attached hydrogens (tertiary/aromatic N) is 1. The third kappa shape index (κ3) is 3.30. The van der Waals surface area contributed by atoms with Crippen molar-refractivity contribution in [2.45, 2.75) is 6.42 Å². The molecule has 0 radical (unpaired) electrons. The molecule has 0 unspecified atom stereocenters. The summed E-state index contributed by atoms with van der Waals surface area (Å²) >= 11 is 11.9. The molecule has 3 nitrogen and oxygen atoms in total. The van der Waals surface area contributed by atoms with Crippen LogP contribution in [-0.2, 0) is 6.42 Å². The molecule has 2 rings (SSSR count). The predicted molar refractivity (Wildman–Crippen MR) is 77.2 cm³/mol. The Bertz CT molecular complexity index is 672. The second kappa shape index (κ2) is 6.42. The molecule has 0 saturated carbocycles. The van der Waals surface area contributed by atoms with Crippen molar-refractivity contribution in [2.24, 2.45) is 0 Å². The van der Waals surface area contributed by atoms with Gasteiger partial charge in [-0.3, -0.25) is 0 Å². The minimum atomic E-state index is -0.570. The maximum atomic E-state index is 12.1. The van der Waals surface area contributed by atoms with Crippen molar-refractivity contribution < 1.29 is 9.53 Å². The van der Waals surface area contributed by atoms with E-state index in [-0.39, 0.29) is 22.2 Å². The molecule has 0 saturated heterocycles. The molecule has 0 aliphatic rings. The summed E-state index contributed by atoms with van der Waals surface area (Å²) in [5.41, 5.74) is 1.08. The smallest absolute Gasteiger partial charge is 0.343 e. The van der Waals surface area contributed by atoms with Gasteiger partial charge < -0.3 is 4.74 Å². The molecule has 0 aromatic heterocycles. The van der Waals surface area contributed by atoms with Crippen LogP contribution in [0.4, 0.5) is 0 Å². The van der Waals surface area contributed by atoms with Gasteiger partial charge in [-0.1, -0.05) is 41.4 Å². The standard InChI is InChI=1S/C15H9Cl2NO2/c16-12-5-2-6-13(17)14(12)20-15(19)11-4-1-3-10(9-11)7-8-18/h1-6,9H,7H2. The Hall–Kier alpha value is -2.02. The van der Waals surface area contributed by atoms with Gasteiger partial charge in [-0.2, -0.15) is 5.26 Å². The van der Waals surface area contributed by atoms with Crippen LogP contribution in [0.2, 0.25) is 10.0 Å². The van der Waals surface area contributed by atoms with Gasteiger partial charge >= 0.3 is 5.97 Å². The van der Waals surface area contributed by atoms with E-state index in [9.17, 15) is 4.79 Å². The van der Waals surface area contributed by atoms with Crippen molar-refractivity contribution in [3.8, 4) is 11.8 Å². The number of ether oxygens (including phenoxy) is 1. The summed E-state index contributed by atoms with van der Waals surface area (Å²) in [6, 6.07) is 13.5. The first-order valence-electron chi connectivity index (χ1n) is 5.74. The third-order valence-corrected chi connectivity index (χ3v) is 3.15. The fourth-order valence-electron chi connectivity index (χ4n) is 1.63. The Kier molecular flexibility index (Phi) is 4.62. The van der Waals surface area contributed by atoms with Crippen LogP contribution in [0.1, 0.15) is 15.9 Å². The van der Waals surface area contributed by atoms with Crippen LogP contribution in [0.25, 0.3) is 0 Å². The highest BCUT2D eigenvalue weighted by molar-refractivity contribution is 6.37. The van der Waals surface area contributed by atoms with Crippen LogP contribution < -0.4 is 4.74 Å². The van der Waals surface area contributed by atoms with Crippen LogP contribution >= 0.6 is 23.2 Å². The number of nitriles is 1. The molecule has 2 aromatic carbocycles. The third-order valence-electron chi connectivity index (χ3n) is 2.56. The highest BCUT2D eigenvalue weighted by Gasteiger charge is 2.14. The number of halogens is 2. The molecule has 20 heavy (non-hydrogen) atoms. The van der Waals surface area contributed by atoms with Gasteiger partial charge in [-0.15, -0.1) is 0 Å². The largest absolute Gasteiger partial charge is 0.420 e. The molecule has 0 bridgehead atoms. The summed E-state index contributed by atoms with van der Waals surface area (Å²) in [6.07, 6.45) is 0.230. The maximum absolute atomic E-state index is 12.1. The first kappa shape index (κ1) is 14.4. The van der Waals surface area contributed by atoms with E-state index in [1.165, 1.54) is 0 Å². The van der Waals surface area contributed by atoms with Gasteiger partial charge in [-0.25, -0.2) is 4.79 Å². The number of hydrogen-bond donors (Lipinski definition) is 0. The predicted octanol–water partition coefficient (Wildman–Crippen LogP) is 4.28. The van der Waals surface area contributed by atoms with Crippen molar-refractivity contribution in [3.05, 3.63) is 63.6 Å². The summed E-state index contributed by atoms with van der Waals surface area (Å²) in [7, 11) is 0. The lowest BCUT2D eigenvalue weighted by Crippen LogP contribution is -2.09. The minimum Gasteiger partial charge on any atom is -0.420 e. The van der Waals surface area contributed by atoms with Gasteiger partial charge in [0.05, 0.1) is 28.1 Å². The molecule has 2 aromatic rings. The van der Waals surface area contributed by atoms with Crippen molar-refractivity contribution in [1.82, 2.24) is 0 Å². The van der Waals surface area contributed by atoms with Crippen molar-refractivity contribution in [2.75, 3.05) is 0 Å². The molecule has 0 spiro atoms. The number of carbonyl (C=O) groups is 1. The van der Waals surface area contributed by atoms with E-state index in [4.69, 9.17) is 33.2 Å². The molecule has 0 amide bonds. The fourth-order valence-corrected chi connectivity index (χ4v) is 2.11. The van der Waals surface area contributed by atoms with Crippen LogP contribution in [-0.4, -0.2) is 5.97 Å². The Labute approximate surface area is 126 Å². The molecular weight excluding hydrogens is 297 g/mol. The highest BCUT2D eigenvalue weighted by Crippen LogP contribution is 2.32. The summed E-state index contributed by atoms with van der Waals surface area (Å²) in [6.45, 7) is 0. The SMILES string of the molecule is N#CCc1cccc(C(=O)Oc2c(Cl)cccc2Cl)c1. The normalized spacial score (nSPS) is 9.85. The fraction of sp³-hybridized carbons (Fsp3) is 0.0667. The molecule has 0 heterocycles. The van der Waals surface area contributed by atoms with Crippen molar-refractivity contribution in [3.63, 3.8) is 0 Å². The zero-order valence-corrected chi connectivity index (χ0v) is 11.8. The maximum Gasteiger partial charge on any atom is 0.343 e. The van der Waals surface area contributed by atoms with Gasteiger partial charge in [0.1, 0.15) is 0 Å². The number of esters is 1. The summed E-state index contributed by atoms with van der Waals surface area (Å²) in [4.78, 5) is 12.1. The van der Waals surface area contributed by atoms with Gasteiger partial charge in [0.2, 0.25) is 0 Å². The quantitative estimate of drug-likeness (QED) is 0.628. The average Bonchev–Trinajstić information content (AvgIpc) is 2.43. The number of benzene rings is 2. The highest BCUT2D eigenvalue weighted by atomic mass is 35.5. The lowest BCUT2D eigenvalue weighted by atomic mass is 10.1. The minimum absolute atomic E-state index is 0.131. The van der Waals surface area contributed by atoms with Gasteiger partial charge in [0.25, 0.3) is 0 Å². The molecule has 0 aliphatic carbocycles. The molecule has 0 atom stereocenters. The van der Waals surface area contributed by atoms with E-state index in [2.05, 4.69) is 0 Å². The van der Waals surface area contributed by atoms with E-state index in [1.54, 1.807) is 42.5 Å². The monoisotopic (exact) mass is 305 g/mol. The van der Waals surface area contributed by atoms with E-state index in [1.807, 2.05) is 6.07 Å². The molecular formula is C15H9Cl2NO2. The number of para-hydroxylation sites is 1. The topological polar surface area (TPSA) is 50.1 Å². The first-order valence-corrected chi connectivity index (χ1v) is 6.49. The lowest BCUT2D eigenvalue weighted by molar-refractivity contribution is 0.0735. The lowest BCUT2D eigenvalue weighted by Gasteiger charge is -2.08. The van der Waals surface area contributed by atoms with Gasteiger partial charge in [0.15, 0.2) is 5.75 Å². The summed E-state index contributed by atoms with van der Waals surface area (Å²) in [5.74, 6) is -0.439. The number of hydrogen-bond acceptors (Lipinski definition) is 3. The molecule has 100 valence electrons. The van der Waals surface area contributed by atoms with Crippen molar-refractivity contribution in [1.29, 1.82) is 5.26 Å². The van der Waals surface area contributed by atoms with Crippen LogP contribution in [0.5, 0.6) is 5.75 Å². The van der Waals surface area contributed by atoms with Crippen LogP contribution in [0.15, 0.2) is 42.5 Å². The van der Waals surface area contributed by atoms with E-state index >= 15 is 0 Å². The summed E-state index contributed by atoms with van der Waals surface area (Å²) < 4.78 is 5.21. The Morgan fingerprint density at radius 2 is 1.80 bits per heavy atom. The van der Waals surface area contributed by atoms with Gasteiger partial charge in [-0.05, 0) is 29.8 Å². The number of carbonyl (C=O) groups excluding carboxylic acids is 1. The average molecular weight is 306 g/mol. The molecule has 5 heteroatoms. The van der Waals surface area contributed by atoms with Crippen LogP contribution in [0.3, 0.4) is 0 Å². The number of rotatable bonds is 3. The Morgan fingerprint density at radius 1 is 1.15 bits per heavy atom. The molecule has 0 aliphatic heterocycles. The molecule has 0 N–H and O–H groups in total. The zero-order valence-electron chi connectivity index (χ0n) is 10.3. The second-order valence-electron chi connectivity index (χ2n) is 3.98. The van der Waals surface area contributed by atoms with Crippen molar-refractivity contribution >= 4 is 29.2 Å². The Morgan fingerprint density at radius 3 is 2.45 bits per heavy atom. The van der Waals surface area contributed by atoms with E-state index in [0.29, 0.717) is 5.56 Å². The van der Waals surface area contributed by atoms with Crippen LogP contribution in [0, 0.1) is 11.3 Å². The van der Waals surface area contributed by atoms with E-state index in [0.717, 1.165) is 5.56 Å². The Balaban J connectivity index is 2.24. The van der Waals surface area contributed by atoms with Gasteiger partial charge in [0, 0.05) is 0 Å². The summed E-state index contributed by atoms with van der Waals surface area (Å²) in [5, 5.41) is 9.18. The first-order chi connectivity index (χ1) is 9.61. The second-order valence-corrected chi connectivity index (χ2v) is 4.79.